The molecule has 23 heavy (non-hydrogen) atoms. The van der Waals surface area contributed by atoms with E-state index in [-0.39, 0.29) is 11.9 Å². The first kappa shape index (κ1) is 18.0. The van der Waals surface area contributed by atoms with Crippen LogP contribution in [0.5, 0.6) is 0 Å². The highest BCUT2D eigenvalue weighted by Crippen LogP contribution is 2.18. The van der Waals surface area contributed by atoms with Crippen molar-refractivity contribution in [2.75, 3.05) is 53.4 Å². The molecule has 0 aliphatic carbocycles. The molecule has 6 heteroatoms. The normalized spacial score (nSPS) is 20.8. The number of hydrogen-bond acceptors (Lipinski definition) is 4. The lowest BCUT2D eigenvalue weighted by molar-refractivity contribution is -0.146. The van der Waals surface area contributed by atoms with E-state index in [0.29, 0.717) is 0 Å². The van der Waals surface area contributed by atoms with Crippen molar-refractivity contribution in [3.63, 3.8) is 0 Å². The Kier molecular flexibility index (Phi) is 7.65. The van der Waals surface area contributed by atoms with Crippen molar-refractivity contribution in [1.82, 2.24) is 15.1 Å². The Bertz CT molecular complexity index is 386. The molecular weight excluding hydrogens is 292 g/mol. The van der Waals surface area contributed by atoms with E-state index >= 15 is 0 Å². The first-order valence-corrected chi connectivity index (χ1v) is 9.00. The summed E-state index contributed by atoms with van der Waals surface area (Å²) in [5.74, 6) is 0.943. The molecule has 0 unspecified atom stereocenters. The minimum Gasteiger partial charge on any atom is -0.469 e. The minimum absolute atomic E-state index is 0.0508. The van der Waals surface area contributed by atoms with Crippen molar-refractivity contribution < 1.29 is 9.53 Å². The summed E-state index contributed by atoms with van der Waals surface area (Å²) >= 11 is 0. The monoisotopic (exact) mass is 324 g/mol. The Balaban J connectivity index is 1.60. The van der Waals surface area contributed by atoms with Gasteiger partial charge >= 0.3 is 5.97 Å². The quantitative estimate of drug-likeness (QED) is 0.346. The second-order valence-electron chi connectivity index (χ2n) is 6.51. The second kappa shape index (κ2) is 9.75. The molecule has 2 fully saturated rings. The molecule has 132 valence electrons. The number of unbranched alkanes of at least 4 members (excludes halogenated alkanes) is 1. The number of piperidine rings is 1. The SMILES string of the molecule is CN=C(NCCCCN1CCCC1)N1CCC(C(=O)OC)CC1. The maximum atomic E-state index is 11.6. The topological polar surface area (TPSA) is 57.2 Å². The third kappa shape index (κ3) is 5.68. The first-order valence-electron chi connectivity index (χ1n) is 9.00. The molecule has 2 rings (SSSR count). The zero-order chi connectivity index (χ0) is 16.5. The minimum atomic E-state index is -0.0745. The fraction of sp³-hybridized carbons (Fsp3) is 0.882. The molecule has 2 aliphatic heterocycles. The average Bonchev–Trinajstić information content (AvgIpc) is 3.11. The zero-order valence-corrected chi connectivity index (χ0v) is 14.7. The van der Waals surface area contributed by atoms with Crippen LogP contribution >= 0.6 is 0 Å². The van der Waals surface area contributed by atoms with Crippen molar-refractivity contribution in [2.45, 2.75) is 38.5 Å². The van der Waals surface area contributed by atoms with E-state index in [9.17, 15) is 4.79 Å². The van der Waals surface area contributed by atoms with Crippen LogP contribution in [0.15, 0.2) is 4.99 Å². The Labute approximate surface area is 140 Å². The van der Waals surface area contributed by atoms with Crippen LogP contribution in [0.25, 0.3) is 0 Å². The standard InChI is InChI=1S/C17H32N4O2/c1-18-17(19-9-3-4-10-20-11-5-6-12-20)21-13-7-15(8-14-21)16(22)23-2/h15H,3-14H2,1-2H3,(H,18,19). The number of nitrogens with zero attached hydrogens (tertiary/aromatic N) is 3. The summed E-state index contributed by atoms with van der Waals surface area (Å²) in [6, 6.07) is 0. The molecule has 0 amide bonds. The Hall–Kier alpha value is -1.30. The molecule has 0 bridgehead atoms. The average molecular weight is 324 g/mol. The van der Waals surface area contributed by atoms with E-state index in [1.54, 1.807) is 0 Å². The zero-order valence-electron chi connectivity index (χ0n) is 14.7. The molecule has 1 N–H and O–H groups in total. The van der Waals surface area contributed by atoms with Crippen molar-refractivity contribution in [1.29, 1.82) is 0 Å². The van der Waals surface area contributed by atoms with Gasteiger partial charge in [-0.05, 0) is 58.2 Å². The Morgan fingerprint density at radius 1 is 1.17 bits per heavy atom. The largest absolute Gasteiger partial charge is 0.469 e. The van der Waals surface area contributed by atoms with Crippen LogP contribution in [0.3, 0.4) is 0 Å². The van der Waals surface area contributed by atoms with Gasteiger partial charge in [-0.1, -0.05) is 0 Å². The van der Waals surface area contributed by atoms with Crippen LogP contribution in [-0.2, 0) is 9.53 Å². The van der Waals surface area contributed by atoms with Gasteiger partial charge in [0.2, 0.25) is 0 Å². The van der Waals surface area contributed by atoms with Crippen molar-refractivity contribution in [3.05, 3.63) is 0 Å². The third-order valence-corrected chi connectivity index (χ3v) is 4.92. The summed E-state index contributed by atoms with van der Waals surface area (Å²) < 4.78 is 4.84. The molecule has 2 aliphatic rings. The Morgan fingerprint density at radius 3 is 2.48 bits per heavy atom. The van der Waals surface area contributed by atoms with Crippen LogP contribution in [0.4, 0.5) is 0 Å². The van der Waals surface area contributed by atoms with Crippen LogP contribution in [0.1, 0.15) is 38.5 Å². The maximum Gasteiger partial charge on any atom is 0.308 e. The van der Waals surface area contributed by atoms with Gasteiger partial charge in [0.25, 0.3) is 0 Å². The van der Waals surface area contributed by atoms with Crippen molar-refractivity contribution in [2.24, 2.45) is 10.9 Å². The first-order chi connectivity index (χ1) is 11.2. The fourth-order valence-electron chi connectivity index (χ4n) is 3.49. The molecule has 0 aromatic rings. The van der Waals surface area contributed by atoms with Gasteiger partial charge in [0.05, 0.1) is 13.0 Å². The lowest BCUT2D eigenvalue weighted by Crippen LogP contribution is -2.46. The number of likely N-dealkylation sites (tertiary alicyclic amines) is 2. The van der Waals surface area contributed by atoms with Crippen LogP contribution in [-0.4, -0.2) is 75.2 Å². The highest BCUT2D eigenvalue weighted by Gasteiger charge is 2.26. The van der Waals surface area contributed by atoms with Gasteiger partial charge in [-0.3, -0.25) is 9.79 Å². The van der Waals surface area contributed by atoms with Gasteiger partial charge in [0.1, 0.15) is 0 Å². The number of carbonyl (C=O) groups is 1. The van der Waals surface area contributed by atoms with Gasteiger partial charge < -0.3 is 19.9 Å². The number of rotatable bonds is 6. The van der Waals surface area contributed by atoms with E-state index in [2.05, 4.69) is 20.1 Å². The number of methoxy groups -OCH3 is 1. The molecule has 6 nitrogen and oxygen atoms in total. The summed E-state index contributed by atoms with van der Waals surface area (Å²) in [7, 11) is 3.30. The molecule has 0 aromatic carbocycles. The van der Waals surface area contributed by atoms with Gasteiger partial charge in [0, 0.05) is 26.7 Å². The number of hydrogen-bond donors (Lipinski definition) is 1. The summed E-state index contributed by atoms with van der Waals surface area (Å²) in [6.07, 6.45) is 6.85. The predicted octanol–water partition coefficient (Wildman–Crippen LogP) is 1.32. The molecule has 0 aromatic heterocycles. The van der Waals surface area contributed by atoms with Gasteiger partial charge in [-0.2, -0.15) is 0 Å². The number of guanidine groups is 1. The summed E-state index contributed by atoms with van der Waals surface area (Å²) in [6.45, 7) is 6.50. The van der Waals surface area contributed by atoms with Crippen molar-refractivity contribution >= 4 is 11.9 Å². The third-order valence-electron chi connectivity index (χ3n) is 4.92. The number of carbonyl (C=O) groups excluding carboxylic acids is 1. The molecule has 0 saturated carbocycles. The summed E-state index contributed by atoms with van der Waals surface area (Å²) in [5.41, 5.74) is 0. The molecule has 2 heterocycles. The number of aliphatic imine (C=N–C) groups is 1. The van der Waals surface area contributed by atoms with Gasteiger partial charge in [-0.15, -0.1) is 0 Å². The lowest BCUT2D eigenvalue weighted by Gasteiger charge is -2.33. The highest BCUT2D eigenvalue weighted by atomic mass is 16.5. The predicted molar refractivity (Wildman–Crippen MR) is 92.6 cm³/mol. The Morgan fingerprint density at radius 2 is 1.87 bits per heavy atom. The number of esters is 1. The molecule has 0 spiro atoms. The van der Waals surface area contributed by atoms with Crippen LogP contribution in [0.2, 0.25) is 0 Å². The molecule has 2 saturated heterocycles. The van der Waals surface area contributed by atoms with E-state index in [4.69, 9.17) is 4.74 Å². The lowest BCUT2D eigenvalue weighted by atomic mass is 9.97. The molecule has 0 atom stereocenters. The second-order valence-corrected chi connectivity index (χ2v) is 6.51. The van der Waals surface area contributed by atoms with Crippen LogP contribution in [0, 0.1) is 5.92 Å². The molecular formula is C17H32N4O2. The van der Waals surface area contributed by atoms with Gasteiger partial charge in [0.15, 0.2) is 5.96 Å². The fourth-order valence-corrected chi connectivity index (χ4v) is 3.49. The van der Waals surface area contributed by atoms with E-state index in [1.165, 1.54) is 52.4 Å². The number of ether oxygens (including phenoxy) is 1. The van der Waals surface area contributed by atoms with Gasteiger partial charge in [-0.25, -0.2) is 0 Å². The highest BCUT2D eigenvalue weighted by molar-refractivity contribution is 5.80. The van der Waals surface area contributed by atoms with E-state index in [0.717, 1.165) is 38.4 Å². The smallest absolute Gasteiger partial charge is 0.308 e. The maximum absolute atomic E-state index is 11.6. The van der Waals surface area contributed by atoms with Crippen molar-refractivity contribution in [3.8, 4) is 0 Å². The van der Waals surface area contributed by atoms with Crippen LogP contribution < -0.4 is 5.32 Å². The summed E-state index contributed by atoms with van der Waals surface area (Å²) in [4.78, 5) is 20.8. The van der Waals surface area contributed by atoms with E-state index < -0.39 is 0 Å². The van der Waals surface area contributed by atoms with E-state index in [1.807, 2.05) is 7.05 Å². The number of nitrogens with one attached hydrogen (secondary N) is 1. The summed E-state index contributed by atoms with van der Waals surface area (Å²) in [5, 5.41) is 3.46. The molecule has 0 radical (unpaired) electrons.